The summed E-state index contributed by atoms with van der Waals surface area (Å²) >= 11 is 6.06. The summed E-state index contributed by atoms with van der Waals surface area (Å²) < 4.78 is 21.7. The first-order valence-corrected chi connectivity index (χ1v) is 11.8. The number of ether oxygens (including phenoxy) is 1. The molecule has 2 bridgehead atoms. The summed E-state index contributed by atoms with van der Waals surface area (Å²) in [6.45, 7) is 0. The highest BCUT2D eigenvalue weighted by atomic mass is 35.5. The summed E-state index contributed by atoms with van der Waals surface area (Å²) in [6.07, 6.45) is 9.58. The number of phosphoric ester groups is 1. The normalized spacial score (nSPS) is 28.3. The molecule has 152 valence electrons. The Hall–Kier alpha value is -1.26. The van der Waals surface area contributed by atoms with Crippen LogP contribution in [0.25, 0.3) is 5.76 Å². The minimum atomic E-state index is -4.94. The van der Waals surface area contributed by atoms with Crippen LogP contribution in [0.4, 0.5) is 0 Å². The van der Waals surface area contributed by atoms with Gasteiger partial charge >= 0.3 is 7.82 Å². The van der Waals surface area contributed by atoms with E-state index in [2.05, 4.69) is 4.52 Å². The molecule has 1 aromatic carbocycles. The summed E-state index contributed by atoms with van der Waals surface area (Å²) in [5, 5.41) is 0.121. The van der Waals surface area contributed by atoms with Crippen molar-refractivity contribution in [3.63, 3.8) is 0 Å². The summed E-state index contributed by atoms with van der Waals surface area (Å²) in [5.41, 5.74) is 5.32. The van der Waals surface area contributed by atoms with E-state index in [0.29, 0.717) is 11.8 Å². The minimum absolute atomic E-state index is 0.0892. The number of methoxy groups -OCH3 is 1. The Balaban J connectivity index is 1.80. The van der Waals surface area contributed by atoms with Gasteiger partial charge in [-0.15, -0.1) is 0 Å². The Labute approximate surface area is 170 Å². The largest absolute Gasteiger partial charge is 0.746 e. The van der Waals surface area contributed by atoms with E-state index in [9.17, 15) is 9.46 Å². The molecule has 3 unspecified atom stereocenters. The van der Waals surface area contributed by atoms with E-state index in [1.807, 2.05) is 6.07 Å². The molecule has 0 aliphatic heterocycles. The maximum absolute atomic E-state index is 11.2. The highest BCUT2D eigenvalue weighted by Gasteiger charge is 2.39. The molecule has 0 heterocycles. The molecule has 1 saturated carbocycles. The van der Waals surface area contributed by atoms with E-state index < -0.39 is 7.82 Å². The first kappa shape index (κ1) is 20.0. The van der Waals surface area contributed by atoms with Crippen LogP contribution in [0.2, 0.25) is 5.02 Å². The van der Waals surface area contributed by atoms with Crippen molar-refractivity contribution in [2.45, 2.75) is 51.4 Å². The van der Waals surface area contributed by atoms with Gasteiger partial charge in [0.25, 0.3) is 0 Å². The first-order valence-electron chi connectivity index (χ1n) is 9.89. The van der Waals surface area contributed by atoms with Crippen molar-refractivity contribution in [2.24, 2.45) is 11.8 Å². The highest BCUT2D eigenvalue weighted by Crippen LogP contribution is 2.53. The van der Waals surface area contributed by atoms with Crippen LogP contribution in [-0.2, 0) is 9.30 Å². The second-order valence-electron chi connectivity index (χ2n) is 7.91. The van der Waals surface area contributed by atoms with E-state index in [-0.39, 0.29) is 10.8 Å². The summed E-state index contributed by atoms with van der Waals surface area (Å²) in [4.78, 5) is 20.2. The van der Waals surface area contributed by atoms with Gasteiger partial charge in [-0.3, -0.25) is 4.57 Å². The van der Waals surface area contributed by atoms with Crippen molar-refractivity contribution in [2.75, 3.05) is 7.11 Å². The third kappa shape index (κ3) is 3.91. The van der Waals surface area contributed by atoms with Gasteiger partial charge in [0.1, 0.15) is 11.5 Å². The first-order chi connectivity index (χ1) is 13.4. The lowest BCUT2D eigenvalue weighted by molar-refractivity contribution is -0.211. The molecule has 7 heteroatoms. The molecule has 5 nitrogen and oxygen atoms in total. The van der Waals surface area contributed by atoms with E-state index >= 15 is 0 Å². The molecule has 0 saturated heterocycles. The lowest BCUT2D eigenvalue weighted by Gasteiger charge is -2.43. The van der Waals surface area contributed by atoms with Gasteiger partial charge in [-0.2, -0.15) is 0 Å². The van der Waals surface area contributed by atoms with Gasteiger partial charge in [-0.05, 0) is 74.6 Å². The summed E-state index contributed by atoms with van der Waals surface area (Å²) in [6, 6.07) is 4.93. The zero-order valence-corrected chi connectivity index (χ0v) is 17.6. The number of hydrogen-bond acceptors (Lipinski definition) is 4. The Morgan fingerprint density at radius 3 is 2.79 bits per heavy atom. The second-order valence-corrected chi connectivity index (χ2v) is 9.44. The number of fused-ring (bicyclic) bond motifs is 3. The quantitative estimate of drug-likeness (QED) is 0.407. The van der Waals surface area contributed by atoms with Gasteiger partial charge in [0, 0.05) is 11.5 Å². The van der Waals surface area contributed by atoms with Crippen molar-refractivity contribution < 1.29 is 23.6 Å². The van der Waals surface area contributed by atoms with Crippen LogP contribution in [-0.4, -0.2) is 12.0 Å². The number of benzene rings is 1. The highest BCUT2D eigenvalue weighted by molar-refractivity contribution is 7.45. The van der Waals surface area contributed by atoms with Crippen molar-refractivity contribution in [3.8, 4) is 5.75 Å². The zero-order chi connectivity index (χ0) is 19.9. The van der Waals surface area contributed by atoms with Crippen LogP contribution in [0.3, 0.4) is 0 Å². The van der Waals surface area contributed by atoms with E-state index in [4.69, 9.17) is 21.2 Å². The number of phosphoric acid groups is 1. The fourth-order valence-electron chi connectivity index (χ4n) is 5.27. The predicted octanol–water partition coefficient (Wildman–Crippen LogP) is 5.23. The topological polar surface area (TPSA) is 78.8 Å². The average Bonchev–Trinajstić information content (AvgIpc) is 2.64. The van der Waals surface area contributed by atoms with Crippen LogP contribution in [0, 0.1) is 11.8 Å². The van der Waals surface area contributed by atoms with Crippen LogP contribution in [0.1, 0.15) is 56.9 Å². The van der Waals surface area contributed by atoms with Gasteiger partial charge in [-0.1, -0.05) is 29.2 Å². The molecular weight excluding hydrogens is 399 g/mol. The van der Waals surface area contributed by atoms with E-state index in [0.717, 1.165) is 30.6 Å². The predicted molar refractivity (Wildman–Crippen MR) is 107 cm³/mol. The number of halogens is 1. The monoisotopic (exact) mass is 423 g/mol. The molecule has 0 spiro atoms. The lowest BCUT2D eigenvalue weighted by atomic mass is 9.62. The van der Waals surface area contributed by atoms with E-state index in [1.54, 1.807) is 24.3 Å². The molecule has 1 N–H and O–H groups in total. The third-order valence-electron chi connectivity index (χ3n) is 6.28. The molecule has 3 aliphatic rings. The Morgan fingerprint density at radius 1 is 1.25 bits per heavy atom. The van der Waals surface area contributed by atoms with Gasteiger partial charge in [-0.25, -0.2) is 0 Å². The molecule has 1 fully saturated rings. The molecule has 1 aromatic rings. The van der Waals surface area contributed by atoms with Crippen molar-refractivity contribution in [1.82, 2.24) is 0 Å². The van der Waals surface area contributed by atoms with Crippen LogP contribution in [0.5, 0.6) is 5.75 Å². The molecular formula is C21H25ClO5P-. The van der Waals surface area contributed by atoms with Crippen molar-refractivity contribution in [3.05, 3.63) is 45.5 Å². The van der Waals surface area contributed by atoms with Gasteiger partial charge in [0.2, 0.25) is 0 Å². The van der Waals surface area contributed by atoms with Crippen LogP contribution >= 0.6 is 19.4 Å². The third-order valence-corrected chi connectivity index (χ3v) is 7.02. The molecule has 28 heavy (non-hydrogen) atoms. The summed E-state index contributed by atoms with van der Waals surface area (Å²) in [5.74, 6) is 1.58. The molecule has 3 atom stereocenters. The average molecular weight is 424 g/mol. The minimum Gasteiger partial charge on any atom is -0.746 e. The zero-order valence-electron chi connectivity index (χ0n) is 15.9. The number of hydrogen-bond donors (Lipinski definition) is 1. The number of allylic oxidation sites excluding steroid dienone is 3. The fraction of sp³-hybridized carbons (Fsp3) is 0.524. The standard InChI is InChI=1S/C21H26ClO5P/c1-26-21(15-9-10-18(22)19(12-15)27-28(23,24)25)20-14-6-4-8-17(20)16-7-3-2-5-13(16)11-14/h9-10,12,14,17H,2-8,11H2,1H3,(H2,23,24,25)/p-1/b21-20+. The Morgan fingerprint density at radius 2 is 2.04 bits per heavy atom. The molecule has 3 aliphatic carbocycles. The van der Waals surface area contributed by atoms with Crippen LogP contribution < -0.4 is 9.42 Å². The fourth-order valence-corrected chi connectivity index (χ4v) is 5.87. The van der Waals surface area contributed by atoms with Crippen molar-refractivity contribution in [1.29, 1.82) is 0 Å². The Kier molecular flexibility index (Phi) is 5.63. The van der Waals surface area contributed by atoms with E-state index in [1.165, 1.54) is 43.7 Å². The van der Waals surface area contributed by atoms with Crippen LogP contribution in [0.15, 0.2) is 34.9 Å². The van der Waals surface area contributed by atoms with Gasteiger partial charge in [0.05, 0.1) is 12.1 Å². The summed E-state index contributed by atoms with van der Waals surface area (Å²) in [7, 11) is -3.29. The molecule has 4 rings (SSSR count). The smallest absolute Gasteiger partial charge is 0.317 e. The second kappa shape index (κ2) is 7.87. The SMILES string of the molecule is CO/C(=C1\C2CCCC1C1=C(CCCC1)C2)c1ccc(Cl)c(OP(=O)([O-])O)c1. The number of rotatable bonds is 4. The molecule has 0 amide bonds. The van der Waals surface area contributed by atoms with Crippen molar-refractivity contribution >= 4 is 25.2 Å². The van der Waals surface area contributed by atoms with Gasteiger partial charge in [0.15, 0.2) is 0 Å². The maximum Gasteiger partial charge on any atom is 0.317 e. The lowest BCUT2D eigenvalue weighted by Crippen LogP contribution is -2.30. The maximum atomic E-state index is 11.2. The Bertz CT molecular complexity index is 885. The van der Waals surface area contributed by atoms with Gasteiger partial charge < -0.3 is 19.0 Å². The molecule has 0 radical (unpaired) electrons. The molecule has 0 aromatic heterocycles.